The van der Waals surface area contributed by atoms with Crippen LogP contribution in [0.15, 0.2) is 54.6 Å². The Balaban J connectivity index is 1.65. The Bertz CT molecular complexity index is 1000. The molecule has 4 rings (SSSR count). The van der Waals surface area contributed by atoms with Crippen LogP contribution in [0.1, 0.15) is 18.4 Å². The van der Waals surface area contributed by atoms with E-state index < -0.39 is 21.8 Å². The summed E-state index contributed by atoms with van der Waals surface area (Å²) in [5, 5.41) is 2.88. The van der Waals surface area contributed by atoms with E-state index in [4.69, 9.17) is 0 Å². The number of anilines is 2. The Morgan fingerprint density at radius 2 is 1.68 bits per heavy atom. The highest BCUT2D eigenvalue weighted by Crippen LogP contribution is 2.34. The number of nitrogens with one attached hydrogen (secondary N) is 1. The second-order valence-electron chi connectivity index (χ2n) is 7.35. The molecule has 0 unspecified atom stereocenters. The molecule has 2 atom stereocenters. The molecule has 7 heteroatoms. The molecule has 0 bridgehead atoms. The predicted molar refractivity (Wildman–Crippen MR) is 108 cm³/mol. The van der Waals surface area contributed by atoms with Crippen LogP contribution in [0, 0.1) is 5.92 Å². The van der Waals surface area contributed by atoms with Crippen molar-refractivity contribution in [1.29, 1.82) is 0 Å². The molecule has 0 aromatic heterocycles. The molecule has 0 aliphatic carbocycles. The zero-order chi connectivity index (χ0) is 19.7. The molecule has 28 heavy (non-hydrogen) atoms. The average molecular weight is 398 g/mol. The van der Waals surface area contributed by atoms with Gasteiger partial charge in [-0.3, -0.25) is 14.5 Å². The van der Waals surface area contributed by atoms with Crippen molar-refractivity contribution in [2.45, 2.75) is 25.3 Å². The van der Waals surface area contributed by atoms with Gasteiger partial charge in [-0.25, -0.2) is 8.42 Å². The Labute approximate surface area is 164 Å². The van der Waals surface area contributed by atoms with Gasteiger partial charge >= 0.3 is 0 Å². The number of sulfone groups is 1. The van der Waals surface area contributed by atoms with E-state index >= 15 is 0 Å². The summed E-state index contributed by atoms with van der Waals surface area (Å²) in [5.74, 6) is -1.24. The first-order valence-corrected chi connectivity index (χ1v) is 11.2. The third-order valence-corrected chi connectivity index (χ3v) is 7.18. The minimum Gasteiger partial charge on any atom is -0.324 e. The number of benzene rings is 2. The lowest BCUT2D eigenvalue weighted by atomic mass is 9.93. The van der Waals surface area contributed by atoms with Crippen molar-refractivity contribution in [2.24, 2.45) is 5.92 Å². The van der Waals surface area contributed by atoms with Crippen molar-refractivity contribution in [3.63, 3.8) is 0 Å². The van der Waals surface area contributed by atoms with Crippen LogP contribution in [0.4, 0.5) is 11.4 Å². The SMILES string of the molecule is O=C(Nc1ccccc1)[C@@H]1CCc2ccccc2N1C(=O)[C@@H]1CCS(=O)(=O)C1. The molecule has 146 valence electrons. The van der Waals surface area contributed by atoms with Gasteiger partial charge in [-0.05, 0) is 43.0 Å². The molecule has 2 aromatic rings. The maximum atomic E-state index is 13.3. The fourth-order valence-corrected chi connectivity index (χ4v) is 5.73. The molecule has 2 aliphatic rings. The van der Waals surface area contributed by atoms with Gasteiger partial charge in [0.15, 0.2) is 9.84 Å². The van der Waals surface area contributed by atoms with Crippen LogP contribution in [0.25, 0.3) is 0 Å². The first-order valence-electron chi connectivity index (χ1n) is 9.42. The zero-order valence-corrected chi connectivity index (χ0v) is 16.2. The van der Waals surface area contributed by atoms with Gasteiger partial charge in [-0.15, -0.1) is 0 Å². The lowest BCUT2D eigenvalue weighted by Gasteiger charge is -2.37. The zero-order valence-electron chi connectivity index (χ0n) is 15.4. The number of aryl methyl sites for hydroxylation is 1. The van der Waals surface area contributed by atoms with E-state index in [0.717, 1.165) is 5.56 Å². The van der Waals surface area contributed by atoms with E-state index in [2.05, 4.69) is 5.32 Å². The van der Waals surface area contributed by atoms with Crippen LogP contribution >= 0.6 is 0 Å². The average Bonchev–Trinajstić information content (AvgIpc) is 3.07. The third-order valence-electron chi connectivity index (χ3n) is 5.41. The van der Waals surface area contributed by atoms with Crippen LogP contribution < -0.4 is 10.2 Å². The second kappa shape index (κ2) is 7.39. The number of hydrogen-bond acceptors (Lipinski definition) is 4. The quantitative estimate of drug-likeness (QED) is 0.861. The standard InChI is InChI=1S/C21H22N2O4S/c24-20(22-17-7-2-1-3-8-17)19-11-10-15-6-4-5-9-18(15)23(19)21(25)16-12-13-28(26,27)14-16/h1-9,16,19H,10-14H2,(H,22,24)/t16-,19+/m1/s1. The number of amides is 2. The van der Waals surface area contributed by atoms with E-state index in [0.29, 0.717) is 30.6 Å². The first kappa shape index (κ1) is 18.7. The van der Waals surface area contributed by atoms with Gasteiger partial charge < -0.3 is 5.32 Å². The molecule has 1 N–H and O–H groups in total. The van der Waals surface area contributed by atoms with Crippen molar-refractivity contribution < 1.29 is 18.0 Å². The Kier molecular flexibility index (Phi) is 4.93. The van der Waals surface area contributed by atoms with Gasteiger partial charge in [0.2, 0.25) is 11.8 Å². The van der Waals surface area contributed by atoms with E-state index in [1.807, 2.05) is 42.5 Å². The molecule has 2 aromatic carbocycles. The van der Waals surface area contributed by atoms with Crippen molar-refractivity contribution in [3.05, 3.63) is 60.2 Å². The number of carbonyl (C=O) groups is 2. The molecule has 6 nitrogen and oxygen atoms in total. The van der Waals surface area contributed by atoms with Gasteiger partial charge in [0.05, 0.1) is 17.4 Å². The van der Waals surface area contributed by atoms with Gasteiger partial charge in [0.1, 0.15) is 6.04 Å². The van der Waals surface area contributed by atoms with Crippen LogP contribution in [0.5, 0.6) is 0 Å². The highest BCUT2D eigenvalue weighted by Gasteiger charge is 2.42. The van der Waals surface area contributed by atoms with Crippen molar-refractivity contribution in [3.8, 4) is 0 Å². The number of para-hydroxylation sites is 2. The summed E-state index contributed by atoms with van der Waals surface area (Å²) in [7, 11) is -3.19. The maximum absolute atomic E-state index is 13.3. The van der Waals surface area contributed by atoms with E-state index in [-0.39, 0.29) is 23.3 Å². The van der Waals surface area contributed by atoms with Crippen molar-refractivity contribution >= 4 is 33.0 Å². The minimum absolute atomic E-state index is 0.0276. The first-order chi connectivity index (χ1) is 13.4. The lowest BCUT2D eigenvalue weighted by molar-refractivity contribution is -0.126. The number of rotatable bonds is 3. The fourth-order valence-electron chi connectivity index (χ4n) is 4.00. The van der Waals surface area contributed by atoms with Crippen LogP contribution in [-0.2, 0) is 25.8 Å². The second-order valence-corrected chi connectivity index (χ2v) is 9.58. The molecule has 2 aliphatic heterocycles. The van der Waals surface area contributed by atoms with Gasteiger partial charge in [0.25, 0.3) is 0 Å². The van der Waals surface area contributed by atoms with Crippen LogP contribution in [0.3, 0.4) is 0 Å². The summed E-state index contributed by atoms with van der Waals surface area (Å²) < 4.78 is 23.8. The molecular formula is C21H22N2O4S. The van der Waals surface area contributed by atoms with Gasteiger partial charge in [-0.1, -0.05) is 36.4 Å². The summed E-state index contributed by atoms with van der Waals surface area (Å²) in [6, 6.07) is 16.0. The Hall–Kier alpha value is -2.67. The fraction of sp³-hybridized carbons (Fsp3) is 0.333. The monoisotopic (exact) mass is 398 g/mol. The smallest absolute Gasteiger partial charge is 0.247 e. The maximum Gasteiger partial charge on any atom is 0.247 e. The highest BCUT2D eigenvalue weighted by atomic mass is 32.2. The summed E-state index contributed by atoms with van der Waals surface area (Å²) >= 11 is 0. The summed E-state index contributed by atoms with van der Waals surface area (Å²) in [5.41, 5.74) is 2.37. The van der Waals surface area contributed by atoms with Crippen LogP contribution in [-0.4, -0.2) is 37.8 Å². The molecule has 2 heterocycles. The summed E-state index contributed by atoms with van der Waals surface area (Å²) in [4.78, 5) is 27.8. The number of hydrogen-bond donors (Lipinski definition) is 1. The predicted octanol–water partition coefficient (Wildman–Crippen LogP) is 2.41. The van der Waals surface area contributed by atoms with E-state index in [1.54, 1.807) is 12.1 Å². The minimum atomic E-state index is -3.19. The van der Waals surface area contributed by atoms with E-state index in [1.165, 1.54) is 4.90 Å². The number of nitrogens with zero attached hydrogens (tertiary/aromatic N) is 1. The molecular weight excluding hydrogens is 376 g/mol. The molecule has 0 radical (unpaired) electrons. The third kappa shape index (κ3) is 3.67. The number of fused-ring (bicyclic) bond motifs is 1. The molecule has 0 spiro atoms. The topological polar surface area (TPSA) is 83.6 Å². The lowest BCUT2D eigenvalue weighted by Crippen LogP contribution is -2.52. The number of carbonyl (C=O) groups excluding carboxylic acids is 2. The Morgan fingerprint density at radius 3 is 2.39 bits per heavy atom. The molecule has 1 saturated heterocycles. The largest absolute Gasteiger partial charge is 0.324 e. The molecule has 1 fully saturated rings. The van der Waals surface area contributed by atoms with Gasteiger partial charge in [0, 0.05) is 11.4 Å². The van der Waals surface area contributed by atoms with Crippen LogP contribution in [0.2, 0.25) is 0 Å². The van der Waals surface area contributed by atoms with E-state index in [9.17, 15) is 18.0 Å². The highest BCUT2D eigenvalue weighted by molar-refractivity contribution is 7.91. The Morgan fingerprint density at radius 1 is 0.964 bits per heavy atom. The van der Waals surface area contributed by atoms with Crippen molar-refractivity contribution in [2.75, 3.05) is 21.7 Å². The molecule has 0 saturated carbocycles. The summed E-state index contributed by atoms with van der Waals surface area (Å²) in [6.07, 6.45) is 1.50. The van der Waals surface area contributed by atoms with Crippen molar-refractivity contribution in [1.82, 2.24) is 0 Å². The molecule has 2 amide bonds. The normalized spacial score (nSPS) is 23.1. The summed E-state index contributed by atoms with van der Waals surface area (Å²) in [6.45, 7) is 0. The van der Waals surface area contributed by atoms with Gasteiger partial charge in [-0.2, -0.15) is 0 Å².